The number of phenolic OH excluding ortho intramolecular Hbond substituents is 2. The van der Waals surface area contributed by atoms with Crippen LogP contribution in [0.25, 0.3) is 22.3 Å². The molecule has 3 rings (SSSR count). The Bertz CT molecular complexity index is 1450. The van der Waals surface area contributed by atoms with E-state index < -0.39 is 66.0 Å². The fourth-order valence-electron chi connectivity index (χ4n) is 2.63. The van der Waals surface area contributed by atoms with Crippen molar-refractivity contribution in [2.45, 2.75) is 0 Å². The van der Waals surface area contributed by atoms with E-state index in [0.717, 1.165) is 12.1 Å². The van der Waals surface area contributed by atoms with Crippen LogP contribution in [0.15, 0.2) is 39.5 Å². The van der Waals surface area contributed by atoms with Crippen LogP contribution in [0.3, 0.4) is 0 Å². The summed E-state index contributed by atoms with van der Waals surface area (Å²) in [6.45, 7) is 0. The molecular formula is C16H12O13S2. The van der Waals surface area contributed by atoms with E-state index in [2.05, 4.69) is 8.37 Å². The average molecular weight is 476 g/mol. The van der Waals surface area contributed by atoms with Crippen molar-refractivity contribution in [3.63, 3.8) is 0 Å². The summed E-state index contributed by atoms with van der Waals surface area (Å²) < 4.78 is 81.0. The van der Waals surface area contributed by atoms with Gasteiger partial charge in [-0.25, -0.2) is 0 Å². The number of methoxy groups -OCH3 is 1. The molecule has 0 bridgehead atoms. The molecule has 2 aromatic carbocycles. The number of hydrogen-bond acceptors (Lipinski definition) is 11. The smallest absolute Gasteiger partial charge is 0.446 e. The molecule has 0 aliphatic rings. The quantitative estimate of drug-likeness (QED) is 0.370. The van der Waals surface area contributed by atoms with E-state index in [1.165, 1.54) is 19.2 Å². The summed E-state index contributed by atoms with van der Waals surface area (Å²) >= 11 is 0. The minimum atomic E-state index is -5.23. The van der Waals surface area contributed by atoms with Gasteiger partial charge in [-0.05, 0) is 18.2 Å². The molecule has 0 unspecified atom stereocenters. The Kier molecular flexibility index (Phi) is 5.45. The van der Waals surface area contributed by atoms with Gasteiger partial charge in [-0.2, -0.15) is 16.8 Å². The van der Waals surface area contributed by atoms with Crippen LogP contribution >= 0.6 is 0 Å². The van der Waals surface area contributed by atoms with Crippen molar-refractivity contribution in [3.8, 4) is 40.1 Å². The van der Waals surface area contributed by atoms with Gasteiger partial charge in [-0.15, -0.1) is 0 Å². The zero-order chi connectivity index (χ0) is 23.1. The summed E-state index contributed by atoms with van der Waals surface area (Å²) in [5.41, 5.74) is -1.92. The van der Waals surface area contributed by atoms with Gasteiger partial charge in [-0.1, -0.05) is 0 Å². The van der Waals surface area contributed by atoms with Gasteiger partial charge >= 0.3 is 20.8 Å². The second kappa shape index (κ2) is 7.62. The minimum Gasteiger partial charge on any atom is -0.507 e. The molecule has 0 saturated carbocycles. The Morgan fingerprint density at radius 1 is 0.903 bits per heavy atom. The molecule has 0 fully saturated rings. The third-order valence-electron chi connectivity index (χ3n) is 3.74. The van der Waals surface area contributed by atoms with Crippen molar-refractivity contribution in [1.29, 1.82) is 0 Å². The highest BCUT2D eigenvalue weighted by molar-refractivity contribution is 7.81. The molecule has 0 saturated heterocycles. The normalized spacial score (nSPS) is 12.0. The molecular weight excluding hydrogens is 464 g/mol. The SMILES string of the molecule is COc1ccc(-c2oc3cc(OS(=O)(=O)O)cc(O)c3c(=O)c2OS(=O)(=O)O)cc1O. The Hall–Kier alpha value is -3.53. The predicted octanol–water partition coefficient (Wildman–Crippen LogP) is 1.24. The monoisotopic (exact) mass is 476 g/mol. The lowest BCUT2D eigenvalue weighted by Gasteiger charge is -2.12. The molecule has 13 nitrogen and oxygen atoms in total. The number of aromatic hydroxyl groups is 2. The summed E-state index contributed by atoms with van der Waals surface area (Å²) in [6, 6.07) is 4.91. The van der Waals surface area contributed by atoms with E-state index in [1.807, 2.05) is 0 Å². The molecule has 0 spiro atoms. The molecule has 1 heterocycles. The molecule has 3 aromatic rings. The zero-order valence-electron chi connectivity index (χ0n) is 15.2. The van der Waals surface area contributed by atoms with Crippen LogP contribution in [0, 0.1) is 0 Å². The number of hydrogen-bond donors (Lipinski definition) is 4. The van der Waals surface area contributed by atoms with E-state index >= 15 is 0 Å². The van der Waals surface area contributed by atoms with Crippen LogP contribution in [0.4, 0.5) is 0 Å². The van der Waals surface area contributed by atoms with Crippen molar-refractivity contribution in [1.82, 2.24) is 0 Å². The first-order valence-corrected chi connectivity index (χ1v) is 10.6. The number of ether oxygens (including phenoxy) is 1. The zero-order valence-corrected chi connectivity index (χ0v) is 16.8. The van der Waals surface area contributed by atoms with Crippen molar-refractivity contribution >= 4 is 31.8 Å². The first-order valence-electron chi connectivity index (χ1n) is 7.84. The molecule has 0 amide bonds. The lowest BCUT2D eigenvalue weighted by atomic mass is 10.1. The number of benzene rings is 2. The van der Waals surface area contributed by atoms with Gasteiger partial charge in [0.1, 0.15) is 16.7 Å². The Morgan fingerprint density at radius 2 is 1.55 bits per heavy atom. The molecule has 0 aliphatic heterocycles. The van der Waals surface area contributed by atoms with Crippen molar-refractivity contribution in [2.75, 3.05) is 7.11 Å². The first kappa shape index (κ1) is 22.2. The molecule has 0 aliphatic carbocycles. The number of fused-ring (bicyclic) bond motifs is 1. The Labute approximate surface area is 173 Å². The molecule has 4 N–H and O–H groups in total. The molecule has 0 atom stereocenters. The fraction of sp³-hybridized carbons (Fsp3) is 0.0625. The minimum absolute atomic E-state index is 0.0191. The Balaban J connectivity index is 2.38. The van der Waals surface area contributed by atoms with Crippen molar-refractivity contribution < 1.29 is 53.7 Å². The Morgan fingerprint density at radius 3 is 2.10 bits per heavy atom. The first-order chi connectivity index (χ1) is 14.3. The largest absolute Gasteiger partial charge is 0.507 e. The maximum absolute atomic E-state index is 12.8. The fourth-order valence-corrected chi connectivity index (χ4v) is 3.33. The van der Waals surface area contributed by atoms with Gasteiger partial charge in [0.2, 0.25) is 11.2 Å². The van der Waals surface area contributed by atoms with Crippen molar-refractivity contribution in [3.05, 3.63) is 40.6 Å². The summed E-state index contributed by atoms with van der Waals surface area (Å²) in [7, 11) is -8.97. The van der Waals surface area contributed by atoms with Gasteiger partial charge < -0.3 is 27.7 Å². The molecule has 0 radical (unpaired) electrons. The third-order valence-corrected chi connectivity index (χ3v) is 4.52. The molecule has 15 heteroatoms. The van der Waals surface area contributed by atoms with E-state index in [9.17, 15) is 31.8 Å². The molecule has 166 valence electrons. The van der Waals surface area contributed by atoms with Crippen LogP contribution in [-0.2, 0) is 20.8 Å². The highest BCUT2D eigenvalue weighted by Crippen LogP contribution is 2.39. The maximum atomic E-state index is 12.8. The summed E-state index contributed by atoms with van der Waals surface area (Å²) in [5.74, 6) is -3.69. The van der Waals surface area contributed by atoms with Crippen LogP contribution in [0.1, 0.15) is 0 Å². The van der Waals surface area contributed by atoms with E-state index in [4.69, 9.17) is 18.3 Å². The number of rotatable bonds is 6. The van der Waals surface area contributed by atoms with Crippen LogP contribution in [0.5, 0.6) is 28.7 Å². The van der Waals surface area contributed by atoms with Gasteiger partial charge in [0, 0.05) is 17.7 Å². The summed E-state index contributed by atoms with van der Waals surface area (Å²) in [6.07, 6.45) is 0. The van der Waals surface area contributed by atoms with E-state index in [1.54, 1.807) is 0 Å². The van der Waals surface area contributed by atoms with Crippen LogP contribution < -0.4 is 18.5 Å². The standard InChI is InChI=1S/C16H12O13S2/c1-26-11-3-2-7(4-9(11)17)15-16(29-31(23,24)25)14(19)13-10(18)5-8(6-12(13)27-15)28-30(20,21)22/h2-6,17-18H,1H3,(H,20,21,22)(H,23,24,25). The van der Waals surface area contributed by atoms with E-state index in [-0.39, 0.29) is 11.3 Å². The summed E-state index contributed by atoms with van der Waals surface area (Å²) in [4.78, 5) is 12.8. The van der Waals surface area contributed by atoms with Crippen LogP contribution in [-0.4, -0.2) is 43.3 Å². The lowest BCUT2D eigenvalue weighted by molar-refractivity contribution is 0.373. The topological polar surface area (TPSA) is 207 Å². The highest BCUT2D eigenvalue weighted by Gasteiger charge is 2.25. The second-order valence-corrected chi connectivity index (χ2v) is 7.86. The second-order valence-electron chi connectivity index (χ2n) is 5.81. The predicted molar refractivity (Wildman–Crippen MR) is 102 cm³/mol. The lowest BCUT2D eigenvalue weighted by Crippen LogP contribution is -2.16. The van der Waals surface area contributed by atoms with Gasteiger partial charge in [0.25, 0.3) is 0 Å². The van der Waals surface area contributed by atoms with Crippen molar-refractivity contribution in [2.24, 2.45) is 0 Å². The van der Waals surface area contributed by atoms with Gasteiger partial charge in [-0.3, -0.25) is 13.9 Å². The van der Waals surface area contributed by atoms with Crippen LogP contribution in [0.2, 0.25) is 0 Å². The highest BCUT2D eigenvalue weighted by atomic mass is 32.3. The maximum Gasteiger partial charge on any atom is 0.446 e. The molecule has 1 aromatic heterocycles. The third kappa shape index (κ3) is 4.80. The van der Waals surface area contributed by atoms with Gasteiger partial charge in [0.15, 0.2) is 23.0 Å². The summed E-state index contributed by atoms with van der Waals surface area (Å²) in [5, 5.41) is 19.4. The molecule has 31 heavy (non-hydrogen) atoms. The number of phenols is 2. The van der Waals surface area contributed by atoms with Gasteiger partial charge in [0.05, 0.1) is 7.11 Å². The van der Waals surface area contributed by atoms with E-state index in [0.29, 0.717) is 6.07 Å². The average Bonchev–Trinajstić information content (AvgIpc) is 2.61.